The maximum atomic E-state index is 11.7. The Hall–Kier alpha value is -2.21. The normalized spacial score (nSPS) is 10.8. The fourth-order valence-corrected chi connectivity index (χ4v) is 2.62. The van der Waals surface area contributed by atoms with Gasteiger partial charge < -0.3 is 4.74 Å². The number of hydrogen-bond donors (Lipinski definition) is 0. The number of fused-ring (bicyclic) bond motifs is 1. The second-order valence-corrected chi connectivity index (χ2v) is 5.01. The SMILES string of the molecule is COC(=O)c1cccn2c(Cc3cccs3)nnc12. The number of aromatic nitrogens is 3. The van der Waals surface area contributed by atoms with Crippen molar-refractivity contribution in [2.24, 2.45) is 0 Å². The fraction of sp³-hybridized carbons (Fsp3) is 0.154. The summed E-state index contributed by atoms with van der Waals surface area (Å²) in [5.41, 5.74) is 0.954. The lowest BCUT2D eigenvalue weighted by Gasteiger charge is -2.02. The van der Waals surface area contributed by atoms with Crippen molar-refractivity contribution in [3.05, 3.63) is 52.1 Å². The lowest BCUT2D eigenvalue weighted by Crippen LogP contribution is -2.04. The Balaban J connectivity index is 2.06. The summed E-state index contributed by atoms with van der Waals surface area (Å²) in [6.07, 6.45) is 2.55. The van der Waals surface area contributed by atoms with Crippen LogP contribution in [-0.2, 0) is 11.2 Å². The predicted octanol–water partition coefficient (Wildman–Crippen LogP) is 2.17. The van der Waals surface area contributed by atoms with Gasteiger partial charge in [0.15, 0.2) is 5.65 Å². The van der Waals surface area contributed by atoms with Crippen LogP contribution in [0.15, 0.2) is 35.8 Å². The molecular weight excluding hydrogens is 262 g/mol. The van der Waals surface area contributed by atoms with Gasteiger partial charge in [0.25, 0.3) is 0 Å². The summed E-state index contributed by atoms with van der Waals surface area (Å²) < 4.78 is 6.57. The summed E-state index contributed by atoms with van der Waals surface area (Å²) in [5.74, 6) is 0.406. The van der Waals surface area contributed by atoms with Gasteiger partial charge in [0.05, 0.1) is 7.11 Å². The molecule has 0 unspecified atom stereocenters. The maximum absolute atomic E-state index is 11.7. The van der Waals surface area contributed by atoms with Crippen molar-refractivity contribution in [2.75, 3.05) is 7.11 Å². The number of ether oxygens (including phenoxy) is 1. The first-order valence-electron chi connectivity index (χ1n) is 5.73. The summed E-state index contributed by atoms with van der Waals surface area (Å²) in [7, 11) is 1.36. The number of thiophene rings is 1. The van der Waals surface area contributed by atoms with Gasteiger partial charge in [-0.25, -0.2) is 4.79 Å². The Morgan fingerprint density at radius 1 is 1.37 bits per heavy atom. The van der Waals surface area contributed by atoms with Gasteiger partial charge >= 0.3 is 5.97 Å². The molecule has 0 aliphatic carbocycles. The van der Waals surface area contributed by atoms with E-state index in [-0.39, 0.29) is 0 Å². The maximum Gasteiger partial charge on any atom is 0.341 e. The van der Waals surface area contributed by atoms with Crippen LogP contribution in [0.3, 0.4) is 0 Å². The van der Waals surface area contributed by atoms with Crippen LogP contribution >= 0.6 is 11.3 Å². The van der Waals surface area contributed by atoms with Crippen molar-refractivity contribution in [3.63, 3.8) is 0 Å². The zero-order valence-electron chi connectivity index (χ0n) is 10.2. The monoisotopic (exact) mass is 273 g/mol. The number of carbonyl (C=O) groups is 1. The third-order valence-corrected chi connectivity index (χ3v) is 3.70. The summed E-state index contributed by atoms with van der Waals surface area (Å²) >= 11 is 1.67. The number of carbonyl (C=O) groups excluding carboxylic acids is 1. The average Bonchev–Trinajstić information content (AvgIpc) is 3.08. The molecule has 0 saturated carbocycles. The van der Waals surface area contributed by atoms with Crippen LogP contribution in [0.2, 0.25) is 0 Å². The molecule has 0 amide bonds. The van der Waals surface area contributed by atoms with E-state index in [1.807, 2.05) is 22.0 Å². The molecule has 0 fully saturated rings. The minimum absolute atomic E-state index is 0.402. The van der Waals surface area contributed by atoms with Crippen LogP contribution in [0.25, 0.3) is 5.65 Å². The van der Waals surface area contributed by atoms with Gasteiger partial charge in [-0.3, -0.25) is 4.40 Å². The Morgan fingerprint density at radius 3 is 3.00 bits per heavy atom. The van der Waals surface area contributed by atoms with Gasteiger partial charge in [0.1, 0.15) is 11.4 Å². The summed E-state index contributed by atoms with van der Waals surface area (Å²) in [4.78, 5) is 12.9. The Labute approximate surface area is 113 Å². The molecule has 0 saturated heterocycles. The minimum atomic E-state index is -0.402. The Bertz CT molecular complexity index is 719. The smallest absolute Gasteiger partial charge is 0.341 e. The second-order valence-electron chi connectivity index (χ2n) is 3.98. The topological polar surface area (TPSA) is 56.5 Å². The highest BCUT2D eigenvalue weighted by molar-refractivity contribution is 7.09. The van der Waals surface area contributed by atoms with Gasteiger partial charge in [-0.2, -0.15) is 0 Å². The third kappa shape index (κ3) is 2.10. The molecule has 0 atom stereocenters. The average molecular weight is 273 g/mol. The molecule has 3 aromatic rings. The molecule has 96 valence electrons. The Morgan fingerprint density at radius 2 is 2.26 bits per heavy atom. The lowest BCUT2D eigenvalue weighted by molar-refractivity contribution is 0.0602. The van der Waals surface area contributed by atoms with Crippen molar-refractivity contribution in [2.45, 2.75) is 6.42 Å². The van der Waals surface area contributed by atoms with E-state index in [1.54, 1.807) is 23.5 Å². The van der Waals surface area contributed by atoms with E-state index in [2.05, 4.69) is 16.3 Å². The standard InChI is InChI=1S/C13H11N3O2S/c1-18-13(17)10-5-2-6-16-11(14-15-12(10)16)8-9-4-3-7-19-9/h2-7H,8H2,1H3. The number of pyridine rings is 1. The predicted molar refractivity (Wildman–Crippen MR) is 71.5 cm³/mol. The van der Waals surface area contributed by atoms with Gasteiger partial charge in [-0.15, -0.1) is 21.5 Å². The van der Waals surface area contributed by atoms with E-state index in [0.717, 1.165) is 5.82 Å². The van der Waals surface area contributed by atoms with Gasteiger partial charge in [0, 0.05) is 17.5 Å². The Kier molecular flexibility index (Phi) is 3.00. The van der Waals surface area contributed by atoms with Crippen molar-refractivity contribution in [3.8, 4) is 0 Å². The number of methoxy groups -OCH3 is 1. The zero-order valence-corrected chi connectivity index (χ0v) is 11.1. The first kappa shape index (κ1) is 11.9. The van der Waals surface area contributed by atoms with E-state index in [0.29, 0.717) is 17.6 Å². The second kappa shape index (κ2) is 4.81. The molecule has 0 aliphatic heterocycles. The molecule has 3 aromatic heterocycles. The quantitative estimate of drug-likeness (QED) is 0.686. The first-order valence-corrected chi connectivity index (χ1v) is 6.61. The summed E-state index contributed by atoms with van der Waals surface area (Å²) in [5, 5.41) is 10.3. The molecule has 5 nitrogen and oxygen atoms in total. The summed E-state index contributed by atoms with van der Waals surface area (Å²) in [6, 6.07) is 7.53. The van der Waals surface area contributed by atoms with E-state index >= 15 is 0 Å². The van der Waals surface area contributed by atoms with Gasteiger partial charge in [0.2, 0.25) is 0 Å². The minimum Gasteiger partial charge on any atom is -0.465 e. The highest BCUT2D eigenvalue weighted by Crippen LogP contribution is 2.16. The van der Waals surface area contributed by atoms with Crippen LogP contribution in [0.1, 0.15) is 21.1 Å². The lowest BCUT2D eigenvalue weighted by atomic mass is 10.2. The number of nitrogens with zero attached hydrogens (tertiary/aromatic N) is 3. The highest BCUT2D eigenvalue weighted by atomic mass is 32.1. The molecule has 0 N–H and O–H groups in total. The highest BCUT2D eigenvalue weighted by Gasteiger charge is 2.15. The molecule has 6 heteroatoms. The van der Waals surface area contributed by atoms with Gasteiger partial charge in [-0.1, -0.05) is 6.07 Å². The number of rotatable bonds is 3. The van der Waals surface area contributed by atoms with Crippen LogP contribution < -0.4 is 0 Å². The van der Waals surface area contributed by atoms with E-state index in [1.165, 1.54) is 12.0 Å². The molecular formula is C13H11N3O2S. The van der Waals surface area contributed by atoms with Crippen molar-refractivity contribution in [1.82, 2.24) is 14.6 Å². The van der Waals surface area contributed by atoms with Gasteiger partial charge in [-0.05, 0) is 23.6 Å². The zero-order chi connectivity index (χ0) is 13.2. The molecule has 0 spiro atoms. The largest absolute Gasteiger partial charge is 0.465 e. The molecule has 0 aromatic carbocycles. The number of esters is 1. The van der Waals surface area contributed by atoms with Crippen LogP contribution in [0.4, 0.5) is 0 Å². The molecule has 3 rings (SSSR count). The van der Waals surface area contributed by atoms with Crippen molar-refractivity contribution in [1.29, 1.82) is 0 Å². The summed E-state index contributed by atoms with van der Waals surface area (Å²) in [6.45, 7) is 0. The van der Waals surface area contributed by atoms with Crippen LogP contribution in [0.5, 0.6) is 0 Å². The van der Waals surface area contributed by atoms with E-state index in [9.17, 15) is 4.79 Å². The molecule has 3 heterocycles. The number of hydrogen-bond acceptors (Lipinski definition) is 5. The fourth-order valence-electron chi connectivity index (χ4n) is 1.92. The molecule has 0 bridgehead atoms. The van der Waals surface area contributed by atoms with Crippen molar-refractivity contribution < 1.29 is 9.53 Å². The molecule has 19 heavy (non-hydrogen) atoms. The van der Waals surface area contributed by atoms with E-state index in [4.69, 9.17) is 4.74 Å². The van der Waals surface area contributed by atoms with Crippen LogP contribution in [0, 0.1) is 0 Å². The molecule has 0 aliphatic rings. The first-order chi connectivity index (χ1) is 9.29. The van der Waals surface area contributed by atoms with Crippen LogP contribution in [-0.4, -0.2) is 27.7 Å². The third-order valence-electron chi connectivity index (χ3n) is 2.82. The van der Waals surface area contributed by atoms with E-state index < -0.39 is 5.97 Å². The molecule has 0 radical (unpaired) electrons. The van der Waals surface area contributed by atoms with Crippen molar-refractivity contribution >= 4 is 23.0 Å².